The van der Waals surface area contributed by atoms with E-state index in [0.29, 0.717) is 0 Å². The molecule has 1 N–H and O–H groups in total. The van der Waals surface area contributed by atoms with Crippen molar-refractivity contribution >= 4 is 22.4 Å². The summed E-state index contributed by atoms with van der Waals surface area (Å²) in [4.78, 5) is 14.7. The van der Waals surface area contributed by atoms with E-state index in [2.05, 4.69) is 52.7 Å². The van der Waals surface area contributed by atoms with Gasteiger partial charge in [0.2, 0.25) is 5.91 Å². The Morgan fingerprint density at radius 3 is 2.50 bits per heavy atom. The normalized spacial score (nSPS) is 12.3. The number of amides is 1. The van der Waals surface area contributed by atoms with Gasteiger partial charge in [-0.05, 0) is 67.4 Å². The molecule has 3 rings (SSSR count). The van der Waals surface area contributed by atoms with Gasteiger partial charge >= 0.3 is 0 Å². The number of hydrogen-bond acceptors (Lipinski definition) is 2. The van der Waals surface area contributed by atoms with E-state index < -0.39 is 0 Å². The predicted octanol–water partition coefficient (Wildman–Crippen LogP) is 4.92. The quantitative estimate of drug-likeness (QED) is 0.711. The van der Waals surface area contributed by atoms with Gasteiger partial charge in [0.05, 0.1) is 6.04 Å². The zero-order chi connectivity index (χ0) is 18.7. The van der Waals surface area contributed by atoms with Crippen molar-refractivity contribution in [2.24, 2.45) is 0 Å². The number of nitrogens with zero attached hydrogens (tertiary/aromatic N) is 1. The number of benzene rings is 3. The fourth-order valence-electron chi connectivity index (χ4n) is 3.07. The summed E-state index contributed by atoms with van der Waals surface area (Å²) in [6.07, 6.45) is 0. The number of likely N-dealkylation sites (N-methyl/N-ethyl adjacent to an activating group) is 1. The highest BCUT2D eigenvalue weighted by atomic mass is 16.2. The highest BCUT2D eigenvalue weighted by molar-refractivity contribution is 5.95. The highest BCUT2D eigenvalue weighted by Gasteiger charge is 2.19. The Kier molecular flexibility index (Phi) is 5.38. The van der Waals surface area contributed by atoms with E-state index >= 15 is 0 Å². The Bertz CT molecular complexity index is 932. The minimum Gasteiger partial charge on any atom is -0.324 e. The SMILES string of the molecule is Cc1ccc(C)c(NC(=O)[C@H](C)N(C)Cc2ccc3ccccc3c2)c1. The van der Waals surface area contributed by atoms with Crippen molar-refractivity contribution in [2.75, 3.05) is 12.4 Å². The summed E-state index contributed by atoms with van der Waals surface area (Å²) in [7, 11) is 1.99. The second-order valence-corrected chi connectivity index (χ2v) is 7.08. The molecule has 3 aromatic carbocycles. The van der Waals surface area contributed by atoms with Crippen molar-refractivity contribution in [1.82, 2.24) is 4.90 Å². The molecule has 134 valence electrons. The van der Waals surface area contributed by atoms with Gasteiger partial charge in [0.1, 0.15) is 0 Å². The number of carbonyl (C=O) groups is 1. The Morgan fingerprint density at radius 1 is 1.00 bits per heavy atom. The van der Waals surface area contributed by atoms with Gasteiger partial charge in [0.15, 0.2) is 0 Å². The fourth-order valence-corrected chi connectivity index (χ4v) is 3.07. The van der Waals surface area contributed by atoms with Crippen molar-refractivity contribution in [2.45, 2.75) is 33.4 Å². The molecule has 3 heteroatoms. The molecule has 0 saturated carbocycles. The van der Waals surface area contributed by atoms with Gasteiger partial charge in [-0.15, -0.1) is 0 Å². The van der Waals surface area contributed by atoms with Crippen LogP contribution in [0.1, 0.15) is 23.6 Å². The van der Waals surface area contributed by atoms with Gasteiger partial charge in [-0.1, -0.05) is 48.5 Å². The molecule has 1 atom stereocenters. The molecule has 3 nitrogen and oxygen atoms in total. The summed E-state index contributed by atoms with van der Waals surface area (Å²) < 4.78 is 0. The molecule has 0 fully saturated rings. The van der Waals surface area contributed by atoms with Crippen LogP contribution in [0.25, 0.3) is 10.8 Å². The predicted molar refractivity (Wildman–Crippen MR) is 109 cm³/mol. The van der Waals surface area contributed by atoms with Crippen LogP contribution in [0.2, 0.25) is 0 Å². The number of carbonyl (C=O) groups excluding carboxylic acids is 1. The van der Waals surface area contributed by atoms with E-state index in [1.54, 1.807) is 0 Å². The summed E-state index contributed by atoms with van der Waals surface area (Å²) in [6.45, 7) is 6.72. The van der Waals surface area contributed by atoms with Crippen LogP contribution in [0, 0.1) is 13.8 Å². The second-order valence-electron chi connectivity index (χ2n) is 7.08. The topological polar surface area (TPSA) is 32.3 Å². The van der Waals surface area contributed by atoms with Crippen molar-refractivity contribution in [1.29, 1.82) is 0 Å². The van der Waals surface area contributed by atoms with E-state index in [1.807, 2.05) is 46.0 Å². The minimum atomic E-state index is -0.221. The maximum absolute atomic E-state index is 12.7. The third-order valence-corrected chi connectivity index (χ3v) is 4.94. The van der Waals surface area contributed by atoms with E-state index in [0.717, 1.165) is 23.4 Å². The molecule has 0 heterocycles. The average molecular weight is 346 g/mol. The molecule has 0 bridgehead atoms. The van der Waals surface area contributed by atoms with Gasteiger partial charge < -0.3 is 5.32 Å². The molecule has 26 heavy (non-hydrogen) atoms. The molecular weight excluding hydrogens is 320 g/mol. The van der Waals surface area contributed by atoms with Crippen molar-refractivity contribution in [3.05, 3.63) is 77.4 Å². The standard InChI is InChI=1S/C23H26N2O/c1-16-9-10-17(2)22(13-16)24-23(26)18(3)25(4)15-19-11-12-20-7-5-6-8-21(20)14-19/h5-14,18H,15H2,1-4H3,(H,24,26)/t18-/m0/s1. The summed E-state index contributed by atoms with van der Waals surface area (Å²) in [5.41, 5.74) is 4.31. The van der Waals surface area contributed by atoms with Crippen molar-refractivity contribution < 1.29 is 4.79 Å². The largest absolute Gasteiger partial charge is 0.324 e. The van der Waals surface area contributed by atoms with E-state index in [-0.39, 0.29) is 11.9 Å². The lowest BCUT2D eigenvalue weighted by molar-refractivity contribution is -0.120. The molecule has 0 aliphatic heterocycles. The molecular formula is C23H26N2O. The number of fused-ring (bicyclic) bond motifs is 1. The highest BCUT2D eigenvalue weighted by Crippen LogP contribution is 2.19. The molecule has 0 aliphatic rings. The molecule has 1 amide bonds. The lowest BCUT2D eigenvalue weighted by Crippen LogP contribution is -2.39. The van der Waals surface area contributed by atoms with Crippen LogP contribution in [-0.2, 0) is 11.3 Å². The monoisotopic (exact) mass is 346 g/mol. The van der Waals surface area contributed by atoms with Crippen LogP contribution in [0.5, 0.6) is 0 Å². The van der Waals surface area contributed by atoms with Crippen LogP contribution in [0.4, 0.5) is 5.69 Å². The van der Waals surface area contributed by atoms with Gasteiger partial charge in [0.25, 0.3) is 0 Å². The maximum Gasteiger partial charge on any atom is 0.241 e. The van der Waals surface area contributed by atoms with Crippen molar-refractivity contribution in [3.8, 4) is 0 Å². The Balaban J connectivity index is 1.68. The summed E-state index contributed by atoms with van der Waals surface area (Å²) in [5, 5.41) is 5.53. The minimum absolute atomic E-state index is 0.0157. The van der Waals surface area contributed by atoms with Gasteiger partial charge in [-0.3, -0.25) is 9.69 Å². The summed E-state index contributed by atoms with van der Waals surface area (Å²) >= 11 is 0. The lowest BCUT2D eigenvalue weighted by atomic mass is 10.1. The first-order valence-electron chi connectivity index (χ1n) is 9.00. The molecule has 0 radical (unpaired) electrons. The van der Waals surface area contributed by atoms with Crippen LogP contribution in [0.15, 0.2) is 60.7 Å². The first-order chi connectivity index (χ1) is 12.4. The fraction of sp³-hybridized carbons (Fsp3) is 0.261. The van der Waals surface area contributed by atoms with Crippen LogP contribution in [0.3, 0.4) is 0 Å². The molecule has 0 aromatic heterocycles. The van der Waals surface area contributed by atoms with Gasteiger partial charge in [-0.2, -0.15) is 0 Å². The van der Waals surface area contributed by atoms with Crippen LogP contribution >= 0.6 is 0 Å². The maximum atomic E-state index is 12.7. The van der Waals surface area contributed by atoms with E-state index in [4.69, 9.17) is 0 Å². The van der Waals surface area contributed by atoms with E-state index in [9.17, 15) is 4.79 Å². The smallest absolute Gasteiger partial charge is 0.241 e. The number of rotatable bonds is 5. The summed E-state index contributed by atoms with van der Waals surface area (Å²) in [5.74, 6) is 0.0157. The zero-order valence-electron chi connectivity index (χ0n) is 15.9. The third kappa shape index (κ3) is 4.12. The molecule has 0 unspecified atom stereocenters. The first kappa shape index (κ1) is 18.2. The average Bonchev–Trinajstić information content (AvgIpc) is 2.64. The number of hydrogen-bond donors (Lipinski definition) is 1. The van der Waals surface area contributed by atoms with Crippen molar-refractivity contribution in [3.63, 3.8) is 0 Å². The zero-order valence-corrected chi connectivity index (χ0v) is 15.9. The molecule has 3 aromatic rings. The molecule has 0 saturated heterocycles. The summed E-state index contributed by atoms with van der Waals surface area (Å²) in [6, 6.07) is 20.7. The van der Waals surface area contributed by atoms with Gasteiger partial charge in [0, 0.05) is 12.2 Å². The molecule has 0 spiro atoms. The van der Waals surface area contributed by atoms with Crippen LogP contribution in [-0.4, -0.2) is 23.9 Å². The Morgan fingerprint density at radius 2 is 1.73 bits per heavy atom. The Labute approximate surface area is 155 Å². The Hall–Kier alpha value is -2.65. The third-order valence-electron chi connectivity index (χ3n) is 4.94. The lowest BCUT2D eigenvalue weighted by Gasteiger charge is -2.24. The van der Waals surface area contributed by atoms with Crippen LogP contribution < -0.4 is 5.32 Å². The molecule has 0 aliphatic carbocycles. The number of nitrogens with one attached hydrogen (secondary N) is 1. The number of anilines is 1. The van der Waals surface area contributed by atoms with E-state index in [1.165, 1.54) is 16.3 Å². The number of aryl methyl sites for hydroxylation is 2. The second kappa shape index (κ2) is 7.71. The van der Waals surface area contributed by atoms with Gasteiger partial charge in [-0.25, -0.2) is 0 Å². The first-order valence-corrected chi connectivity index (χ1v) is 9.00.